The molecule has 1 unspecified atom stereocenters. The van der Waals surface area contributed by atoms with Gasteiger partial charge in [0.15, 0.2) is 0 Å². The molecule has 136 valence electrons. The van der Waals surface area contributed by atoms with E-state index in [0.717, 1.165) is 23.6 Å². The van der Waals surface area contributed by atoms with Crippen molar-refractivity contribution >= 4 is 30.7 Å². The number of nitrogens with one attached hydrogen (secondary N) is 1. The summed E-state index contributed by atoms with van der Waals surface area (Å²) in [5.41, 5.74) is 2.16. The van der Waals surface area contributed by atoms with Crippen molar-refractivity contribution in [3.8, 4) is 5.75 Å². The zero-order chi connectivity index (χ0) is 16.2. The first-order chi connectivity index (χ1) is 11.2. The van der Waals surface area contributed by atoms with Crippen LogP contribution in [-0.4, -0.2) is 47.5 Å². The molecule has 0 aliphatic carbocycles. The zero-order valence-electron chi connectivity index (χ0n) is 14.1. The molecule has 1 aromatic carbocycles. The molecule has 1 N–H and O–H groups in total. The number of hydrogen-bond donors (Lipinski definition) is 1. The van der Waals surface area contributed by atoms with Crippen LogP contribution >= 0.6 is 24.8 Å². The molecule has 0 saturated carbocycles. The van der Waals surface area contributed by atoms with Crippen LogP contribution in [0, 0.1) is 6.92 Å². The first-order valence-electron chi connectivity index (χ1n) is 7.64. The van der Waals surface area contributed by atoms with E-state index < -0.39 is 0 Å². The smallest absolute Gasteiger partial charge is 0.274 e. The molecule has 1 atom stereocenters. The third-order valence-electron chi connectivity index (χ3n) is 4.00. The highest BCUT2D eigenvalue weighted by molar-refractivity contribution is 5.92. The van der Waals surface area contributed by atoms with Crippen molar-refractivity contribution in [2.24, 2.45) is 0 Å². The SMILES string of the molecule is COc1ccccc1C1CNCCN1C(=O)c1cnc(C)cn1.Cl.Cl. The molecule has 2 heterocycles. The summed E-state index contributed by atoms with van der Waals surface area (Å²) in [4.78, 5) is 23.1. The number of aromatic nitrogens is 2. The first-order valence-corrected chi connectivity index (χ1v) is 7.64. The molecule has 0 spiro atoms. The van der Waals surface area contributed by atoms with E-state index in [4.69, 9.17) is 4.74 Å². The second-order valence-electron chi connectivity index (χ2n) is 5.50. The number of rotatable bonds is 3. The molecule has 1 aromatic heterocycles. The Morgan fingerprint density at radius 1 is 1.24 bits per heavy atom. The second-order valence-corrected chi connectivity index (χ2v) is 5.50. The molecule has 1 aliphatic heterocycles. The summed E-state index contributed by atoms with van der Waals surface area (Å²) in [5.74, 6) is 0.684. The van der Waals surface area contributed by atoms with E-state index in [1.54, 1.807) is 19.5 Å². The minimum atomic E-state index is -0.102. The molecule has 3 rings (SSSR count). The Balaban J connectivity index is 0.00000156. The number of para-hydroxylation sites is 1. The number of halogens is 2. The topological polar surface area (TPSA) is 67.3 Å². The molecule has 25 heavy (non-hydrogen) atoms. The van der Waals surface area contributed by atoms with Gasteiger partial charge in [-0.15, -0.1) is 24.8 Å². The highest BCUT2D eigenvalue weighted by atomic mass is 35.5. The molecular weight excluding hydrogens is 363 g/mol. The number of hydrogen-bond acceptors (Lipinski definition) is 5. The first kappa shape index (κ1) is 21.2. The highest BCUT2D eigenvalue weighted by Crippen LogP contribution is 2.30. The number of ether oxygens (including phenoxy) is 1. The monoisotopic (exact) mass is 384 g/mol. The zero-order valence-corrected chi connectivity index (χ0v) is 15.8. The number of carbonyl (C=O) groups is 1. The van der Waals surface area contributed by atoms with Crippen LogP contribution in [0.5, 0.6) is 5.75 Å². The van der Waals surface area contributed by atoms with Gasteiger partial charge in [-0.05, 0) is 13.0 Å². The molecule has 1 amide bonds. The molecule has 1 fully saturated rings. The van der Waals surface area contributed by atoms with E-state index >= 15 is 0 Å². The lowest BCUT2D eigenvalue weighted by molar-refractivity contribution is 0.0625. The lowest BCUT2D eigenvalue weighted by atomic mass is 10.0. The van der Waals surface area contributed by atoms with Gasteiger partial charge in [0.2, 0.25) is 0 Å². The quantitative estimate of drug-likeness (QED) is 0.879. The Labute approximate surface area is 159 Å². The van der Waals surface area contributed by atoms with Gasteiger partial charge in [-0.25, -0.2) is 4.98 Å². The van der Waals surface area contributed by atoms with Gasteiger partial charge in [-0.2, -0.15) is 0 Å². The predicted molar refractivity (Wildman–Crippen MR) is 101 cm³/mol. The van der Waals surface area contributed by atoms with Crippen molar-refractivity contribution in [2.75, 3.05) is 26.7 Å². The minimum Gasteiger partial charge on any atom is -0.496 e. The van der Waals surface area contributed by atoms with Crippen LogP contribution in [0.3, 0.4) is 0 Å². The predicted octanol–water partition coefficient (Wildman–Crippen LogP) is 2.42. The average molecular weight is 385 g/mol. The van der Waals surface area contributed by atoms with Gasteiger partial charge in [0.25, 0.3) is 5.91 Å². The fourth-order valence-corrected chi connectivity index (χ4v) is 2.82. The summed E-state index contributed by atoms with van der Waals surface area (Å²) in [6.45, 7) is 3.92. The molecule has 0 radical (unpaired) electrons. The van der Waals surface area contributed by atoms with Crippen molar-refractivity contribution in [2.45, 2.75) is 13.0 Å². The number of benzene rings is 1. The van der Waals surface area contributed by atoms with Crippen LogP contribution in [0.4, 0.5) is 0 Å². The van der Waals surface area contributed by atoms with E-state index in [1.807, 2.05) is 36.1 Å². The summed E-state index contributed by atoms with van der Waals surface area (Å²) >= 11 is 0. The van der Waals surface area contributed by atoms with E-state index in [-0.39, 0.29) is 36.8 Å². The molecule has 8 heteroatoms. The van der Waals surface area contributed by atoms with Gasteiger partial charge in [0.1, 0.15) is 11.4 Å². The summed E-state index contributed by atoms with van der Waals surface area (Å²) in [5, 5.41) is 3.34. The van der Waals surface area contributed by atoms with E-state index in [9.17, 15) is 4.79 Å². The number of piperazine rings is 1. The Morgan fingerprint density at radius 2 is 2.00 bits per heavy atom. The van der Waals surface area contributed by atoms with Crippen molar-refractivity contribution in [1.29, 1.82) is 0 Å². The highest BCUT2D eigenvalue weighted by Gasteiger charge is 2.31. The van der Waals surface area contributed by atoms with Crippen LogP contribution in [0.15, 0.2) is 36.7 Å². The maximum Gasteiger partial charge on any atom is 0.274 e. The van der Waals surface area contributed by atoms with Gasteiger partial charge in [-0.1, -0.05) is 18.2 Å². The lowest BCUT2D eigenvalue weighted by Gasteiger charge is -2.36. The summed E-state index contributed by atoms with van der Waals surface area (Å²) < 4.78 is 5.45. The van der Waals surface area contributed by atoms with Crippen LogP contribution < -0.4 is 10.1 Å². The van der Waals surface area contributed by atoms with Crippen LogP contribution in [-0.2, 0) is 0 Å². The van der Waals surface area contributed by atoms with Gasteiger partial charge in [-0.3, -0.25) is 9.78 Å². The Bertz CT molecular complexity index is 697. The Morgan fingerprint density at radius 3 is 2.68 bits per heavy atom. The van der Waals surface area contributed by atoms with E-state index in [1.165, 1.54) is 0 Å². The number of methoxy groups -OCH3 is 1. The summed E-state index contributed by atoms with van der Waals surface area (Å²) in [6.07, 6.45) is 3.16. The molecule has 1 aliphatic rings. The second kappa shape index (κ2) is 9.56. The number of carbonyl (C=O) groups excluding carboxylic acids is 1. The number of aryl methyl sites for hydroxylation is 1. The molecule has 1 saturated heterocycles. The fourth-order valence-electron chi connectivity index (χ4n) is 2.82. The van der Waals surface area contributed by atoms with E-state index in [0.29, 0.717) is 18.8 Å². The summed E-state index contributed by atoms with van der Waals surface area (Å²) in [7, 11) is 1.65. The number of nitrogens with zero attached hydrogens (tertiary/aromatic N) is 3. The Hall–Kier alpha value is -1.89. The third-order valence-corrected chi connectivity index (χ3v) is 4.00. The van der Waals surface area contributed by atoms with Crippen LogP contribution in [0.25, 0.3) is 0 Å². The van der Waals surface area contributed by atoms with E-state index in [2.05, 4.69) is 15.3 Å². The van der Waals surface area contributed by atoms with Crippen LogP contribution in [0.2, 0.25) is 0 Å². The lowest BCUT2D eigenvalue weighted by Crippen LogP contribution is -2.49. The molecule has 0 bridgehead atoms. The minimum absolute atomic E-state index is 0. The average Bonchev–Trinajstić information content (AvgIpc) is 2.62. The fraction of sp³-hybridized carbons (Fsp3) is 0.353. The maximum atomic E-state index is 12.8. The maximum absolute atomic E-state index is 12.8. The van der Waals surface area contributed by atoms with Gasteiger partial charge >= 0.3 is 0 Å². The van der Waals surface area contributed by atoms with Gasteiger partial charge in [0, 0.05) is 31.4 Å². The standard InChI is InChI=1S/C17H20N4O2.2ClH/c1-12-9-20-14(10-19-12)17(22)21-8-7-18-11-15(21)13-5-3-4-6-16(13)23-2;;/h3-6,9-10,15,18H,7-8,11H2,1-2H3;2*1H. The van der Waals surface area contributed by atoms with Crippen LogP contribution in [0.1, 0.15) is 27.8 Å². The van der Waals surface area contributed by atoms with Gasteiger partial charge < -0.3 is 15.0 Å². The van der Waals surface area contributed by atoms with Crippen molar-refractivity contribution < 1.29 is 9.53 Å². The molecule has 6 nitrogen and oxygen atoms in total. The molecule has 2 aromatic rings. The van der Waals surface area contributed by atoms with Gasteiger partial charge in [0.05, 0.1) is 25.0 Å². The molecular formula is C17H22Cl2N4O2. The Kier molecular flexibility index (Phi) is 8.09. The largest absolute Gasteiger partial charge is 0.496 e. The third kappa shape index (κ3) is 4.60. The normalized spacial score (nSPS) is 16.4. The van der Waals surface area contributed by atoms with Crippen molar-refractivity contribution in [3.05, 3.63) is 53.6 Å². The van der Waals surface area contributed by atoms with Crippen molar-refractivity contribution in [3.63, 3.8) is 0 Å². The summed E-state index contributed by atoms with van der Waals surface area (Å²) in [6, 6.07) is 7.71. The van der Waals surface area contributed by atoms with Crippen molar-refractivity contribution in [1.82, 2.24) is 20.2 Å². The number of amides is 1.